The van der Waals surface area contributed by atoms with Gasteiger partial charge in [-0.15, -0.1) is 0 Å². The Hall–Kier alpha value is -2.43. The lowest BCUT2D eigenvalue weighted by Gasteiger charge is -2.17. The monoisotopic (exact) mass is 310 g/mol. The standard InChI is InChI=1S/C18H22N4O/c1-18(2,3)17-19-11-10-15(22-17)20-13-6-8-14(9-7-13)21-16(23)12-4-5-12/h6-12H,4-5H2,1-3H3,(H,21,23)(H,19,20,22). The SMILES string of the molecule is CC(C)(C)c1nccc(Nc2ccc(NC(=O)C3CC3)cc2)n1. The van der Waals surface area contributed by atoms with Crippen molar-refractivity contribution in [2.75, 3.05) is 10.6 Å². The van der Waals surface area contributed by atoms with E-state index in [-0.39, 0.29) is 17.2 Å². The third-order valence-electron chi connectivity index (χ3n) is 3.70. The predicted molar refractivity (Wildman–Crippen MR) is 91.8 cm³/mol. The summed E-state index contributed by atoms with van der Waals surface area (Å²) in [7, 11) is 0. The van der Waals surface area contributed by atoms with Crippen LogP contribution in [0.3, 0.4) is 0 Å². The van der Waals surface area contributed by atoms with Gasteiger partial charge in [0.05, 0.1) is 0 Å². The molecule has 120 valence electrons. The third-order valence-corrected chi connectivity index (χ3v) is 3.70. The van der Waals surface area contributed by atoms with Crippen molar-refractivity contribution < 1.29 is 4.79 Å². The summed E-state index contributed by atoms with van der Waals surface area (Å²) in [6.07, 6.45) is 3.78. The second-order valence-corrected chi connectivity index (χ2v) is 6.98. The molecule has 1 aliphatic rings. The number of anilines is 3. The average molecular weight is 310 g/mol. The Labute approximate surface area is 136 Å². The van der Waals surface area contributed by atoms with Gasteiger partial charge in [-0.2, -0.15) is 0 Å². The molecule has 1 aromatic heterocycles. The maximum atomic E-state index is 11.7. The molecule has 0 spiro atoms. The zero-order chi connectivity index (χ0) is 16.4. The van der Waals surface area contributed by atoms with Crippen LogP contribution in [0, 0.1) is 5.92 Å². The molecule has 1 aromatic carbocycles. The van der Waals surface area contributed by atoms with Gasteiger partial charge in [0.2, 0.25) is 5.91 Å². The van der Waals surface area contributed by atoms with Crippen LogP contribution in [0.1, 0.15) is 39.4 Å². The van der Waals surface area contributed by atoms with Crippen LogP contribution < -0.4 is 10.6 Å². The van der Waals surface area contributed by atoms with Crippen LogP contribution in [0.25, 0.3) is 0 Å². The summed E-state index contributed by atoms with van der Waals surface area (Å²) in [6, 6.07) is 9.50. The molecule has 2 N–H and O–H groups in total. The highest BCUT2D eigenvalue weighted by molar-refractivity contribution is 5.94. The lowest BCUT2D eigenvalue weighted by Crippen LogP contribution is -2.16. The van der Waals surface area contributed by atoms with Crippen LogP contribution in [-0.2, 0) is 10.2 Å². The highest BCUT2D eigenvalue weighted by Gasteiger charge is 2.29. The first-order valence-corrected chi connectivity index (χ1v) is 7.93. The lowest BCUT2D eigenvalue weighted by atomic mass is 9.96. The van der Waals surface area contributed by atoms with Gasteiger partial charge in [0.25, 0.3) is 0 Å². The van der Waals surface area contributed by atoms with Crippen molar-refractivity contribution in [1.82, 2.24) is 9.97 Å². The van der Waals surface area contributed by atoms with E-state index in [9.17, 15) is 4.79 Å². The Morgan fingerprint density at radius 2 is 1.74 bits per heavy atom. The molecule has 1 aliphatic carbocycles. The number of benzene rings is 1. The van der Waals surface area contributed by atoms with Gasteiger partial charge in [0.1, 0.15) is 11.6 Å². The average Bonchev–Trinajstić information content (AvgIpc) is 3.33. The number of carbonyl (C=O) groups is 1. The van der Waals surface area contributed by atoms with Gasteiger partial charge in [0.15, 0.2) is 0 Å². The molecule has 1 fully saturated rings. The molecule has 5 heteroatoms. The number of rotatable bonds is 4. The minimum Gasteiger partial charge on any atom is -0.340 e. The zero-order valence-electron chi connectivity index (χ0n) is 13.8. The van der Waals surface area contributed by atoms with Crippen LogP contribution in [0.15, 0.2) is 36.5 Å². The van der Waals surface area contributed by atoms with E-state index >= 15 is 0 Å². The summed E-state index contributed by atoms with van der Waals surface area (Å²) in [5, 5.41) is 6.20. The van der Waals surface area contributed by atoms with Crippen molar-refractivity contribution in [3.8, 4) is 0 Å². The third kappa shape index (κ3) is 4.06. The minimum atomic E-state index is -0.0887. The van der Waals surface area contributed by atoms with E-state index in [4.69, 9.17) is 0 Å². The Balaban J connectivity index is 1.67. The number of hydrogen-bond acceptors (Lipinski definition) is 4. The Morgan fingerprint density at radius 1 is 1.09 bits per heavy atom. The van der Waals surface area contributed by atoms with E-state index in [2.05, 4.69) is 41.4 Å². The fourth-order valence-corrected chi connectivity index (χ4v) is 2.16. The molecular weight excluding hydrogens is 288 g/mol. The van der Waals surface area contributed by atoms with Crippen molar-refractivity contribution in [2.45, 2.75) is 39.0 Å². The smallest absolute Gasteiger partial charge is 0.227 e. The van der Waals surface area contributed by atoms with Gasteiger partial charge in [-0.3, -0.25) is 4.79 Å². The summed E-state index contributed by atoms with van der Waals surface area (Å²) in [4.78, 5) is 20.6. The maximum absolute atomic E-state index is 11.7. The molecule has 0 unspecified atom stereocenters. The van der Waals surface area contributed by atoms with Crippen LogP contribution in [-0.4, -0.2) is 15.9 Å². The van der Waals surface area contributed by atoms with E-state index in [0.717, 1.165) is 35.9 Å². The molecule has 3 rings (SSSR count). The van der Waals surface area contributed by atoms with Gasteiger partial charge in [-0.05, 0) is 43.2 Å². The van der Waals surface area contributed by atoms with Crippen molar-refractivity contribution in [3.63, 3.8) is 0 Å². The second kappa shape index (κ2) is 5.99. The van der Waals surface area contributed by atoms with E-state index in [1.165, 1.54) is 0 Å². The fraction of sp³-hybridized carbons (Fsp3) is 0.389. The first kappa shape index (κ1) is 15.5. The molecular formula is C18H22N4O. The van der Waals surface area contributed by atoms with E-state index in [0.29, 0.717) is 0 Å². The fourth-order valence-electron chi connectivity index (χ4n) is 2.16. The molecule has 0 bridgehead atoms. The Kier molecular flexibility index (Phi) is 4.03. The van der Waals surface area contributed by atoms with Crippen molar-refractivity contribution in [2.24, 2.45) is 5.92 Å². The van der Waals surface area contributed by atoms with Crippen molar-refractivity contribution in [3.05, 3.63) is 42.4 Å². The molecule has 0 radical (unpaired) electrons. The highest BCUT2D eigenvalue weighted by Crippen LogP contribution is 2.30. The number of amides is 1. The molecule has 0 aliphatic heterocycles. The number of nitrogens with one attached hydrogen (secondary N) is 2. The van der Waals surface area contributed by atoms with Crippen LogP contribution in [0.4, 0.5) is 17.2 Å². The maximum Gasteiger partial charge on any atom is 0.227 e. The van der Waals surface area contributed by atoms with Crippen molar-refractivity contribution >= 4 is 23.1 Å². The van der Waals surface area contributed by atoms with Crippen molar-refractivity contribution in [1.29, 1.82) is 0 Å². The minimum absolute atomic E-state index is 0.0887. The summed E-state index contributed by atoms with van der Waals surface area (Å²) in [5.74, 6) is 1.90. The van der Waals surface area contributed by atoms with Gasteiger partial charge in [-0.1, -0.05) is 20.8 Å². The van der Waals surface area contributed by atoms with Crippen LogP contribution >= 0.6 is 0 Å². The second-order valence-electron chi connectivity index (χ2n) is 6.98. The number of aromatic nitrogens is 2. The van der Waals surface area contributed by atoms with Crippen LogP contribution in [0.2, 0.25) is 0 Å². The number of hydrogen-bond donors (Lipinski definition) is 2. The summed E-state index contributed by atoms with van der Waals surface area (Å²) in [5.41, 5.74) is 1.66. The first-order chi connectivity index (χ1) is 10.9. The summed E-state index contributed by atoms with van der Waals surface area (Å²) in [6.45, 7) is 6.26. The van der Waals surface area contributed by atoms with E-state index in [1.54, 1.807) is 6.20 Å². The van der Waals surface area contributed by atoms with Gasteiger partial charge < -0.3 is 10.6 Å². The van der Waals surface area contributed by atoms with E-state index < -0.39 is 0 Å². The lowest BCUT2D eigenvalue weighted by molar-refractivity contribution is -0.117. The van der Waals surface area contributed by atoms with Crippen LogP contribution in [0.5, 0.6) is 0 Å². The zero-order valence-corrected chi connectivity index (χ0v) is 13.8. The number of carbonyl (C=O) groups excluding carboxylic acids is 1. The molecule has 23 heavy (non-hydrogen) atoms. The normalized spacial score (nSPS) is 14.4. The van der Waals surface area contributed by atoms with E-state index in [1.807, 2.05) is 30.3 Å². The highest BCUT2D eigenvalue weighted by atomic mass is 16.2. The molecule has 2 aromatic rings. The van der Waals surface area contributed by atoms with Gasteiger partial charge >= 0.3 is 0 Å². The molecule has 1 heterocycles. The number of nitrogens with zero attached hydrogens (tertiary/aromatic N) is 2. The molecule has 0 atom stereocenters. The quantitative estimate of drug-likeness (QED) is 0.899. The topological polar surface area (TPSA) is 66.9 Å². The predicted octanol–water partition coefficient (Wildman–Crippen LogP) is 3.87. The first-order valence-electron chi connectivity index (χ1n) is 7.93. The molecule has 1 amide bonds. The summed E-state index contributed by atoms with van der Waals surface area (Å²) < 4.78 is 0. The Morgan fingerprint density at radius 3 is 2.35 bits per heavy atom. The Bertz CT molecular complexity index is 700. The largest absolute Gasteiger partial charge is 0.340 e. The molecule has 0 saturated heterocycles. The molecule has 5 nitrogen and oxygen atoms in total. The van der Waals surface area contributed by atoms with Gasteiger partial charge in [-0.25, -0.2) is 9.97 Å². The molecule has 1 saturated carbocycles. The van der Waals surface area contributed by atoms with Gasteiger partial charge in [0, 0.05) is 28.9 Å². The summed E-state index contributed by atoms with van der Waals surface area (Å²) >= 11 is 0.